The zero-order chi connectivity index (χ0) is 16.8. The Morgan fingerprint density at radius 1 is 1.04 bits per heavy atom. The van der Waals surface area contributed by atoms with Crippen LogP contribution in [0.15, 0.2) is 46.9 Å². The fraction of sp³-hybridized carbons (Fsp3) is 0.381. The molecule has 1 aliphatic carbocycles. The van der Waals surface area contributed by atoms with Crippen molar-refractivity contribution in [2.45, 2.75) is 37.6 Å². The van der Waals surface area contributed by atoms with Crippen molar-refractivity contribution in [1.29, 1.82) is 0 Å². The molecule has 4 heteroatoms. The number of hydrogen-bond acceptors (Lipinski definition) is 3. The summed E-state index contributed by atoms with van der Waals surface area (Å²) >= 11 is 0. The van der Waals surface area contributed by atoms with Crippen LogP contribution in [0.4, 0.5) is 4.39 Å². The van der Waals surface area contributed by atoms with Gasteiger partial charge in [0.2, 0.25) is 0 Å². The summed E-state index contributed by atoms with van der Waals surface area (Å²) in [4.78, 5) is 7.19. The van der Waals surface area contributed by atoms with E-state index in [0.29, 0.717) is 12.0 Å². The number of aromatic nitrogens is 1. The molecule has 1 aliphatic heterocycles. The summed E-state index contributed by atoms with van der Waals surface area (Å²) in [5, 5.41) is 0. The molecule has 0 bridgehead atoms. The van der Waals surface area contributed by atoms with Crippen LogP contribution in [0.1, 0.15) is 48.2 Å². The van der Waals surface area contributed by atoms with Crippen LogP contribution < -0.4 is 0 Å². The van der Waals surface area contributed by atoms with Gasteiger partial charge in [-0.3, -0.25) is 4.90 Å². The molecule has 0 saturated carbocycles. The first-order valence-corrected chi connectivity index (χ1v) is 9.16. The van der Waals surface area contributed by atoms with Gasteiger partial charge in [-0.2, -0.15) is 0 Å². The maximum absolute atomic E-state index is 13.6. The first kappa shape index (κ1) is 15.1. The Hall–Kier alpha value is -2.20. The number of para-hydroxylation sites is 2. The standard InChI is InChI=1S/C21H21FN2O/c22-16-7-5-14-6-8-19(17(14)13-16)24-11-9-15(10-12-24)21-23-18-3-1-2-4-20(18)25-21/h1-5,7,13,15,19H,6,8-12H2. The smallest absolute Gasteiger partial charge is 0.198 e. The molecule has 128 valence electrons. The lowest BCUT2D eigenvalue weighted by Gasteiger charge is -2.35. The van der Waals surface area contributed by atoms with Crippen molar-refractivity contribution < 1.29 is 8.81 Å². The van der Waals surface area contributed by atoms with Gasteiger partial charge in [-0.25, -0.2) is 9.37 Å². The third kappa shape index (κ3) is 2.65. The molecule has 1 fully saturated rings. The fourth-order valence-corrected chi connectivity index (χ4v) is 4.45. The zero-order valence-electron chi connectivity index (χ0n) is 14.1. The molecule has 0 amide bonds. The second-order valence-corrected chi connectivity index (χ2v) is 7.23. The van der Waals surface area contributed by atoms with E-state index in [-0.39, 0.29) is 5.82 Å². The summed E-state index contributed by atoms with van der Waals surface area (Å²) in [6.45, 7) is 2.04. The minimum Gasteiger partial charge on any atom is -0.440 e. The van der Waals surface area contributed by atoms with Crippen LogP contribution in [-0.2, 0) is 6.42 Å². The predicted octanol–water partition coefficient (Wildman–Crippen LogP) is 4.83. The number of hydrogen-bond donors (Lipinski definition) is 0. The average molecular weight is 336 g/mol. The van der Waals surface area contributed by atoms with Crippen molar-refractivity contribution in [3.63, 3.8) is 0 Å². The third-order valence-electron chi connectivity index (χ3n) is 5.78. The van der Waals surface area contributed by atoms with Crippen LogP contribution in [0.2, 0.25) is 0 Å². The van der Waals surface area contributed by atoms with E-state index in [2.05, 4.69) is 9.88 Å². The lowest BCUT2D eigenvalue weighted by atomic mass is 9.94. The molecule has 2 aliphatic rings. The molecule has 0 spiro atoms. The normalized spacial score (nSPS) is 21.7. The summed E-state index contributed by atoms with van der Waals surface area (Å²) in [6.07, 6.45) is 4.26. The van der Waals surface area contributed by atoms with E-state index in [1.165, 1.54) is 11.1 Å². The lowest BCUT2D eigenvalue weighted by molar-refractivity contribution is 0.145. The quantitative estimate of drug-likeness (QED) is 0.671. The van der Waals surface area contributed by atoms with Crippen LogP contribution in [0, 0.1) is 5.82 Å². The Balaban J connectivity index is 1.31. The Morgan fingerprint density at radius 3 is 2.72 bits per heavy atom. The van der Waals surface area contributed by atoms with Crippen LogP contribution in [-0.4, -0.2) is 23.0 Å². The number of halogens is 1. The van der Waals surface area contributed by atoms with Gasteiger partial charge in [0.1, 0.15) is 11.3 Å². The number of likely N-dealkylation sites (tertiary alicyclic amines) is 1. The van der Waals surface area contributed by atoms with Crippen LogP contribution in [0.3, 0.4) is 0 Å². The van der Waals surface area contributed by atoms with Gasteiger partial charge >= 0.3 is 0 Å². The van der Waals surface area contributed by atoms with Gasteiger partial charge in [-0.05, 0) is 74.2 Å². The van der Waals surface area contributed by atoms with Crippen molar-refractivity contribution in [3.8, 4) is 0 Å². The summed E-state index contributed by atoms with van der Waals surface area (Å²) in [5.74, 6) is 1.14. The molecule has 0 radical (unpaired) electrons. The Kier molecular flexibility index (Phi) is 3.59. The molecule has 1 aromatic heterocycles. The largest absolute Gasteiger partial charge is 0.440 e. The predicted molar refractivity (Wildman–Crippen MR) is 95.0 cm³/mol. The highest BCUT2D eigenvalue weighted by Gasteiger charge is 2.32. The Labute approximate surface area is 146 Å². The summed E-state index contributed by atoms with van der Waals surface area (Å²) in [6, 6.07) is 13.6. The summed E-state index contributed by atoms with van der Waals surface area (Å²) in [5.41, 5.74) is 4.33. The minimum absolute atomic E-state index is 0.119. The Morgan fingerprint density at radius 2 is 1.88 bits per heavy atom. The van der Waals surface area contributed by atoms with E-state index in [4.69, 9.17) is 4.42 Å². The van der Waals surface area contributed by atoms with E-state index in [1.54, 1.807) is 12.1 Å². The van der Waals surface area contributed by atoms with E-state index >= 15 is 0 Å². The molecule has 5 rings (SSSR count). The topological polar surface area (TPSA) is 29.3 Å². The van der Waals surface area contributed by atoms with Crippen LogP contribution >= 0.6 is 0 Å². The minimum atomic E-state index is -0.119. The number of nitrogens with zero attached hydrogens (tertiary/aromatic N) is 2. The molecular weight excluding hydrogens is 315 g/mol. The first-order valence-electron chi connectivity index (χ1n) is 9.16. The van der Waals surface area contributed by atoms with Gasteiger partial charge in [-0.15, -0.1) is 0 Å². The van der Waals surface area contributed by atoms with Crippen LogP contribution in [0.5, 0.6) is 0 Å². The second-order valence-electron chi connectivity index (χ2n) is 7.23. The van der Waals surface area contributed by atoms with Crippen molar-refractivity contribution >= 4 is 11.1 Å². The highest BCUT2D eigenvalue weighted by atomic mass is 19.1. The van der Waals surface area contributed by atoms with Crippen molar-refractivity contribution in [3.05, 3.63) is 65.3 Å². The monoisotopic (exact) mass is 336 g/mol. The average Bonchev–Trinajstić information content (AvgIpc) is 3.25. The SMILES string of the molecule is Fc1ccc2c(c1)C(N1CCC(c3nc4ccccc4o3)CC1)CC2. The van der Waals surface area contributed by atoms with Gasteiger partial charge in [0.25, 0.3) is 0 Å². The van der Waals surface area contributed by atoms with E-state index in [0.717, 1.165) is 55.8 Å². The fourth-order valence-electron chi connectivity index (χ4n) is 4.45. The van der Waals surface area contributed by atoms with Crippen LogP contribution in [0.25, 0.3) is 11.1 Å². The molecule has 2 heterocycles. The zero-order valence-corrected chi connectivity index (χ0v) is 14.1. The first-order chi connectivity index (χ1) is 12.3. The summed E-state index contributed by atoms with van der Waals surface area (Å²) < 4.78 is 19.6. The maximum Gasteiger partial charge on any atom is 0.198 e. The van der Waals surface area contributed by atoms with E-state index in [1.807, 2.05) is 30.3 Å². The van der Waals surface area contributed by atoms with Crippen molar-refractivity contribution in [1.82, 2.24) is 9.88 Å². The lowest BCUT2D eigenvalue weighted by Crippen LogP contribution is -2.35. The number of rotatable bonds is 2. The molecule has 1 unspecified atom stereocenters. The van der Waals surface area contributed by atoms with Crippen molar-refractivity contribution in [2.24, 2.45) is 0 Å². The van der Waals surface area contributed by atoms with Gasteiger partial charge in [0, 0.05) is 12.0 Å². The van der Waals surface area contributed by atoms with Gasteiger partial charge < -0.3 is 4.42 Å². The molecule has 25 heavy (non-hydrogen) atoms. The van der Waals surface area contributed by atoms with E-state index < -0.39 is 0 Å². The second kappa shape index (κ2) is 5.95. The molecule has 1 atom stereocenters. The molecule has 3 aromatic rings. The number of aryl methyl sites for hydroxylation is 1. The van der Waals surface area contributed by atoms with E-state index in [9.17, 15) is 4.39 Å². The number of benzene rings is 2. The van der Waals surface area contributed by atoms with Gasteiger partial charge in [-0.1, -0.05) is 18.2 Å². The molecule has 2 aromatic carbocycles. The van der Waals surface area contributed by atoms with Gasteiger partial charge in [0.15, 0.2) is 11.5 Å². The number of piperidine rings is 1. The molecule has 0 N–H and O–H groups in total. The van der Waals surface area contributed by atoms with Gasteiger partial charge in [0.05, 0.1) is 0 Å². The highest BCUT2D eigenvalue weighted by Crippen LogP contribution is 2.39. The Bertz CT molecular complexity index is 878. The van der Waals surface area contributed by atoms with Crippen molar-refractivity contribution in [2.75, 3.05) is 13.1 Å². The molecule has 3 nitrogen and oxygen atoms in total. The summed E-state index contributed by atoms with van der Waals surface area (Å²) in [7, 11) is 0. The highest BCUT2D eigenvalue weighted by molar-refractivity contribution is 5.72. The molecular formula is C21H21FN2O. The number of fused-ring (bicyclic) bond motifs is 2. The molecule has 1 saturated heterocycles. The maximum atomic E-state index is 13.6. The third-order valence-corrected chi connectivity index (χ3v) is 5.78. The number of oxazole rings is 1.